The second-order valence-corrected chi connectivity index (χ2v) is 4.73. The second kappa shape index (κ2) is 5.63. The molecule has 0 aromatic carbocycles. The van der Waals surface area contributed by atoms with Crippen molar-refractivity contribution in [2.45, 2.75) is 20.3 Å². The third-order valence-corrected chi connectivity index (χ3v) is 2.58. The third-order valence-electron chi connectivity index (χ3n) is 2.58. The van der Waals surface area contributed by atoms with Crippen molar-refractivity contribution in [1.29, 1.82) is 0 Å². The van der Waals surface area contributed by atoms with Gasteiger partial charge in [0.25, 0.3) is 11.5 Å². The Labute approximate surface area is 99.9 Å². The number of pyridine rings is 1. The van der Waals surface area contributed by atoms with Gasteiger partial charge in [0, 0.05) is 19.3 Å². The van der Waals surface area contributed by atoms with Crippen LogP contribution in [0.3, 0.4) is 0 Å². The van der Waals surface area contributed by atoms with E-state index in [0.29, 0.717) is 13.0 Å². The molecule has 5 heteroatoms. The van der Waals surface area contributed by atoms with E-state index in [1.54, 1.807) is 6.07 Å². The van der Waals surface area contributed by atoms with Crippen LogP contribution in [0.15, 0.2) is 23.1 Å². The van der Waals surface area contributed by atoms with E-state index in [4.69, 9.17) is 5.11 Å². The quantitative estimate of drug-likeness (QED) is 0.699. The molecule has 0 aliphatic carbocycles. The molecular weight excluding hydrogens is 220 g/mol. The van der Waals surface area contributed by atoms with Crippen molar-refractivity contribution in [3.8, 4) is 0 Å². The van der Waals surface area contributed by atoms with Gasteiger partial charge in [-0.25, -0.2) is 0 Å². The molecule has 0 aliphatic heterocycles. The molecule has 0 fully saturated rings. The lowest BCUT2D eigenvalue weighted by molar-refractivity contribution is 0.0926. The number of carbonyl (C=O) groups excluding carboxylic acids is 1. The van der Waals surface area contributed by atoms with Crippen molar-refractivity contribution in [1.82, 2.24) is 10.3 Å². The van der Waals surface area contributed by atoms with Crippen LogP contribution >= 0.6 is 0 Å². The maximum absolute atomic E-state index is 11.7. The van der Waals surface area contributed by atoms with Crippen LogP contribution in [0, 0.1) is 5.41 Å². The van der Waals surface area contributed by atoms with Gasteiger partial charge in [-0.2, -0.15) is 0 Å². The minimum Gasteiger partial charge on any atom is -0.396 e. The molecule has 1 amide bonds. The minimum atomic E-state index is -0.398. The average Bonchev–Trinajstić information content (AvgIpc) is 2.27. The molecular formula is C12H18N2O3. The number of hydrogen-bond acceptors (Lipinski definition) is 3. The zero-order valence-corrected chi connectivity index (χ0v) is 10.1. The first-order valence-corrected chi connectivity index (χ1v) is 5.53. The zero-order chi connectivity index (χ0) is 12.9. The van der Waals surface area contributed by atoms with Gasteiger partial charge in [0.15, 0.2) is 0 Å². The van der Waals surface area contributed by atoms with Crippen molar-refractivity contribution in [2.24, 2.45) is 5.41 Å². The fraction of sp³-hybridized carbons (Fsp3) is 0.500. The monoisotopic (exact) mass is 238 g/mol. The molecule has 94 valence electrons. The zero-order valence-electron chi connectivity index (χ0n) is 10.1. The number of amides is 1. The summed E-state index contributed by atoms with van der Waals surface area (Å²) in [6, 6.07) is 3.09. The van der Waals surface area contributed by atoms with Crippen molar-refractivity contribution in [2.75, 3.05) is 13.2 Å². The molecule has 5 nitrogen and oxygen atoms in total. The Morgan fingerprint density at radius 1 is 1.53 bits per heavy atom. The topological polar surface area (TPSA) is 82.2 Å². The third kappa shape index (κ3) is 4.03. The first kappa shape index (κ1) is 13.4. The van der Waals surface area contributed by atoms with E-state index in [9.17, 15) is 9.59 Å². The standard InChI is InChI=1S/C12H18N2O3/c1-12(2,5-7-15)8-14-11(17)9-4-3-6-13-10(9)16/h3-4,6,15H,5,7-8H2,1-2H3,(H,13,16)(H,14,17). The summed E-state index contributed by atoms with van der Waals surface area (Å²) >= 11 is 0. The molecule has 0 bridgehead atoms. The Kier molecular flexibility index (Phi) is 4.45. The lowest BCUT2D eigenvalue weighted by Crippen LogP contribution is -2.36. The van der Waals surface area contributed by atoms with Crippen LogP contribution in [0.4, 0.5) is 0 Å². The predicted octanol–water partition coefficient (Wildman–Crippen LogP) is 0.513. The molecule has 1 rings (SSSR count). The molecule has 0 spiro atoms. The highest BCUT2D eigenvalue weighted by atomic mass is 16.3. The van der Waals surface area contributed by atoms with Crippen LogP contribution in [-0.4, -0.2) is 29.1 Å². The number of aromatic nitrogens is 1. The molecule has 1 aromatic heterocycles. The molecule has 0 unspecified atom stereocenters. The van der Waals surface area contributed by atoms with Gasteiger partial charge in [0.2, 0.25) is 0 Å². The fourth-order valence-electron chi connectivity index (χ4n) is 1.41. The number of aliphatic hydroxyl groups excluding tert-OH is 1. The Morgan fingerprint density at radius 3 is 2.82 bits per heavy atom. The lowest BCUT2D eigenvalue weighted by atomic mass is 9.90. The molecule has 0 radical (unpaired) electrons. The van der Waals surface area contributed by atoms with Crippen LogP contribution in [-0.2, 0) is 0 Å². The van der Waals surface area contributed by atoms with Crippen molar-refractivity contribution >= 4 is 5.91 Å². The minimum absolute atomic E-state index is 0.0782. The summed E-state index contributed by atoms with van der Waals surface area (Å²) in [5.74, 6) is -0.391. The first-order chi connectivity index (χ1) is 7.96. The SMILES string of the molecule is CC(C)(CCO)CNC(=O)c1ccc[nH]c1=O. The summed E-state index contributed by atoms with van der Waals surface area (Å²) in [5.41, 5.74) is -0.483. The molecule has 1 aromatic rings. The normalized spacial score (nSPS) is 11.2. The molecule has 0 atom stereocenters. The highest BCUT2D eigenvalue weighted by Crippen LogP contribution is 2.17. The molecule has 0 saturated carbocycles. The van der Waals surface area contributed by atoms with E-state index < -0.39 is 11.5 Å². The molecule has 1 heterocycles. The van der Waals surface area contributed by atoms with E-state index in [2.05, 4.69) is 10.3 Å². The van der Waals surface area contributed by atoms with Gasteiger partial charge >= 0.3 is 0 Å². The Morgan fingerprint density at radius 2 is 2.24 bits per heavy atom. The summed E-state index contributed by atoms with van der Waals surface area (Å²) in [6.07, 6.45) is 2.08. The summed E-state index contributed by atoms with van der Waals surface area (Å²) < 4.78 is 0. The van der Waals surface area contributed by atoms with Crippen molar-refractivity contribution < 1.29 is 9.90 Å². The smallest absolute Gasteiger partial charge is 0.260 e. The van der Waals surface area contributed by atoms with Crippen LogP contribution in [0.1, 0.15) is 30.6 Å². The number of hydrogen-bond donors (Lipinski definition) is 3. The number of aliphatic hydroxyl groups is 1. The highest BCUT2D eigenvalue weighted by Gasteiger charge is 2.19. The van der Waals surface area contributed by atoms with Gasteiger partial charge in [-0.3, -0.25) is 9.59 Å². The molecule has 0 aliphatic rings. The summed E-state index contributed by atoms with van der Waals surface area (Å²) in [4.78, 5) is 25.5. The number of rotatable bonds is 5. The molecule has 3 N–H and O–H groups in total. The lowest BCUT2D eigenvalue weighted by Gasteiger charge is -2.23. The Bertz CT molecular complexity index is 437. The maximum atomic E-state index is 11.7. The van der Waals surface area contributed by atoms with E-state index in [-0.39, 0.29) is 17.6 Å². The van der Waals surface area contributed by atoms with E-state index in [1.807, 2.05) is 13.8 Å². The van der Waals surface area contributed by atoms with Gasteiger partial charge in [0.1, 0.15) is 5.56 Å². The van der Waals surface area contributed by atoms with Crippen LogP contribution < -0.4 is 10.9 Å². The largest absolute Gasteiger partial charge is 0.396 e. The second-order valence-electron chi connectivity index (χ2n) is 4.73. The number of nitrogens with one attached hydrogen (secondary N) is 2. The van der Waals surface area contributed by atoms with E-state index in [0.717, 1.165) is 0 Å². The fourth-order valence-corrected chi connectivity index (χ4v) is 1.41. The molecule has 0 saturated heterocycles. The van der Waals surface area contributed by atoms with E-state index in [1.165, 1.54) is 12.3 Å². The number of aromatic amines is 1. The number of carbonyl (C=O) groups is 1. The van der Waals surface area contributed by atoms with Gasteiger partial charge in [-0.1, -0.05) is 13.8 Å². The predicted molar refractivity (Wildman–Crippen MR) is 64.9 cm³/mol. The van der Waals surface area contributed by atoms with Crippen molar-refractivity contribution in [3.05, 3.63) is 34.2 Å². The van der Waals surface area contributed by atoms with Gasteiger partial charge < -0.3 is 15.4 Å². The van der Waals surface area contributed by atoms with Crippen LogP contribution in [0.5, 0.6) is 0 Å². The summed E-state index contributed by atoms with van der Waals surface area (Å²) in [7, 11) is 0. The van der Waals surface area contributed by atoms with Gasteiger partial charge in [-0.15, -0.1) is 0 Å². The summed E-state index contributed by atoms with van der Waals surface area (Å²) in [6.45, 7) is 4.38. The molecule has 17 heavy (non-hydrogen) atoms. The van der Waals surface area contributed by atoms with Gasteiger partial charge in [0.05, 0.1) is 0 Å². The van der Waals surface area contributed by atoms with Gasteiger partial charge in [-0.05, 0) is 24.0 Å². The van der Waals surface area contributed by atoms with Crippen molar-refractivity contribution in [3.63, 3.8) is 0 Å². The Hall–Kier alpha value is -1.62. The van der Waals surface area contributed by atoms with E-state index >= 15 is 0 Å². The maximum Gasteiger partial charge on any atom is 0.260 e. The highest BCUT2D eigenvalue weighted by molar-refractivity contribution is 5.93. The average molecular weight is 238 g/mol. The first-order valence-electron chi connectivity index (χ1n) is 5.53. The van der Waals surface area contributed by atoms with Crippen LogP contribution in [0.2, 0.25) is 0 Å². The summed E-state index contributed by atoms with van der Waals surface area (Å²) in [5, 5.41) is 11.6. The van der Waals surface area contributed by atoms with Crippen LogP contribution in [0.25, 0.3) is 0 Å². The number of H-pyrrole nitrogens is 1. The Balaban J connectivity index is 2.63.